The van der Waals surface area contributed by atoms with Crippen LogP contribution in [0.25, 0.3) is 0 Å². The number of hydrogen-bond acceptors (Lipinski definition) is 4. The van der Waals surface area contributed by atoms with Gasteiger partial charge in [-0.25, -0.2) is 25.6 Å². The summed E-state index contributed by atoms with van der Waals surface area (Å²) in [5, 5.41) is 0. The molecule has 10 heteroatoms. The Bertz CT molecular complexity index is 1110. The monoisotopic (exact) mass is 458 g/mol. The van der Waals surface area contributed by atoms with Crippen LogP contribution in [0.5, 0.6) is 0 Å². The molecule has 0 aliphatic carbocycles. The molecule has 0 spiro atoms. The van der Waals surface area contributed by atoms with Crippen molar-refractivity contribution in [1.82, 2.24) is 8.61 Å². The molecule has 2 aromatic rings. The van der Waals surface area contributed by atoms with Crippen molar-refractivity contribution in [3.63, 3.8) is 0 Å². The van der Waals surface area contributed by atoms with Crippen LogP contribution in [0.3, 0.4) is 0 Å². The van der Waals surface area contributed by atoms with E-state index in [4.69, 9.17) is 0 Å². The summed E-state index contributed by atoms with van der Waals surface area (Å²) in [7, 11) is -7.80. The fourth-order valence-corrected chi connectivity index (χ4v) is 6.15. The molecule has 3 rings (SSSR count). The van der Waals surface area contributed by atoms with Crippen LogP contribution < -0.4 is 0 Å². The lowest BCUT2D eigenvalue weighted by Crippen LogP contribution is -2.50. The van der Waals surface area contributed by atoms with Crippen LogP contribution in [0.2, 0.25) is 0 Å². The molecule has 30 heavy (non-hydrogen) atoms. The fraction of sp³-hybridized carbons (Fsp3) is 0.400. The SMILES string of the molecule is CCC(C)c1ccc(S(=O)(=O)N2CCN(S(=O)(=O)c3ccc(F)c(F)c3)CC2)cc1. The Morgan fingerprint density at radius 2 is 1.27 bits per heavy atom. The van der Waals surface area contributed by atoms with E-state index in [0.29, 0.717) is 12.0 Å². The summed E-state index contributed by atoms with van der Waals surface area (Å²) >= 11 is 0. The van der Waals surface area contributed by atoms with Gasteiger partial charge in [0.25, 0.3) is 0 Å². The summed E-state index contributed by atoms with van der Waals surface area (Å²) in [5.74, 6) is -2.06. The quantitative estimate of drug-likeness (QED) is 0.667. The highest BCUT2D eigenvalue weighted by atomic mass is 32.2. The fourth-order valence-electron chi connectivity index (χ4n) is 3.29. The molecule has 0 N–H and O–H groups in total. The first-order valence-electron chi connectivity index (χ1n) is 9.62. The van der Waals surface area contributed by atoms with E-state index in [1.165, 1.54) is 4.31 Å². The lowest BCUT2D eigenvalue weighted by Gasteiger charge is -2.33. The molecule has 1 saturated heterocycles. The molecule has 2 aromatic carbocycles. The van der Waals surface area contributed by atoms with Crippen molar-refractivity contribution in [2.45, 2.75) is 36.0 Å². The Hall–Kier alpha value is -1.88. The van der Waals surface area contributed by atoms with Gasteiger partial charge in [-0.15, -0.1) is 0 Å². The minimum atomic E-state index is -4.05. The molecule has 0 aromatic heterocycles. The second kappa shape index (κ2) is 8.70. The maximum absolute atomic E-state index is 13.4. The van der Waals surface area contributed by atoms with Gasteiger partial charge >= 0.3 is 0 Å². The van der Waals surface area contributed by atoms with Crippen molar-refractivity contribution in [3.05, 3.63) is 59.7 Å². The first-order chi connectivity index (χ1) is 14.1. The van der Waals surface area contributed by atoms with Gasteiger partial charge in [-0.2, -0.15) is 8.61 Å². The first-order valence-corrected chi connectivity index (χ1v) is 12.5. The van der Waals surface area contributed by atoms with Crippen LogP contribution in [0.1, 0.15) is 31.7 Å². The zero-order valence-electron chi connectivity index (χ0n) is 16.8. The predicted molar refractivity (Wildman–Crippen MR) is 109 cm³/mol. The van der Waals surface area contributed by atoms with Crippen LogP contribution >= 0.6 is 0 Å². The standard InChI is InChI=1S/C20H24F2N2O4S2/c1-3-15(2)16-4-6-17(7-5-16)29(25,26)23-10-12-24(13-11-23)30(27,28)18-8-9-19(21)20(22)14-18/h4-9,14-15H,3,10-13H2,1-2H3. The van der Waals surface area contributed by atoms with Crippen molar-refractivity contribution >= 4 is 20.0 Å². The van der Waals surface area contributed by atoms with Crippen LogP contribution in [0.4, 0.5) is 8.78 Å². The normalized spacial score (nSPS) is 17.7. The van der Waals surface area contributed by atoms with Crippen LogP contribution in [0.15, 0.2) is 52.3 Å². The lowest BCUT2D eigenvalue weighted by atomic mass is 9.99. The molecule has 6 nitrogen and oxygen atoms in total. The minimum absolute atomic E-state index is 0.0294. The van der Waals surface area contributed by atoms with Crippen LogP contribution in [0, 0.1) is 11.6 Å². The largest absolute Gasteiger partial charge is 0.243 e. The van der Waals surface area contributed by atoms with E-state index in [0.717, 1.165) is 28.4 Å². The summed E-state index contributed by atoms with van der Waals surface area (Å²) in [5.41, 5.74) is 1.05. The minimum Gasteiger partial charge on any atom is -0.207 e. The average Bonchev–Trinajstić information content (AvgIpc) is 2.75. The Labute approximate surface area is 176 Å². The highest BCUT2D eigenvalue weighted by molar-refractivity contribution is 7.89. The van der Waals surface area contributed by atoms with Gasteiger partial charge in [0.15, 0.2) is 11.6 Å². The molecular weight excluding hydrogens is 434 g/mol. The van der Waals surface area contributed by atoms with Crippen molar-refractivity contribution in [2.24, 2.45) is 0 Å². The highest BCUT2D eigenvalue weighted by Crippen LogP contribution is 2.25. The smallest absolute Gasteiger partial charge is 0.207 e. The Balaban J connectivity index is 1.73. The Morgan fingerprint density at radius 3 is 1.73 bits per heavy atom. The van der Waals surface area contributed by atoms with Gasteiger partial charge < -0.3 is 0 Å². The number of halogens is 2. The van der Waals surface area contributed by atoms with Gasteiger partial charge in [0.1, 0.15) is 0 Å². The number of rotatable bonds is 6. The van der Waals surface area contributed by atoms with E-state index in [1.807, 2.05) is 0 Å². The average molecular weight is 459 g/mol. The molecule has 1 unspecified atom stereocenters. The van der Waals surface area contributed by atoms with Gasteiger partial charge in [0, 0.05) is 26.2 Å². The van der Waals surface area contributed by atoms with Crippen molar-refractivity contribution < 1.29 is 25.6 Å². The molecule has 1 fully saturated rings. The molecule has 1 heterocycles. The van der Waals surface area contributed by atoms with E-state index in [1.54, 1.807) is 24.3 Å². The summed E-state index contributed by atoms with van der Waals surface area (Å²) in [6.45, 7) is 3.91. The molecule has 0 radical (unpaired) electrons. The predicted octanol–water partition coefficient (Wildman–Crippen LogP) is 3.17. The second-order valence-corrected chi connectivity index (χ2v) is 11.1. The lowest BCUT2D eigenvalue weighted by molar-refractivity contribution is 0.272. The number of benzene rings is 2. The third-order valence-corrected chi connectivity index (χ3v) is 9.23. The van der Waals surface area contributed by atoms with Gasteiger partial charge in [-0.05, 0) is 48.2 Å². The number of sulfonamides is 2. The Morgan fingerprint density at radius 1 is 0.800 bits per heavy atom. The van der Waals surface area contributed by atoms with E-state index in [9.17, 15) is 25.6 Å². The third kappa shape index (κ3) is 4.41. The van der Waals surface area contributed by atoms with Crippen LogP contribution in [-0.2, 0) is 20.0 Å². The van der Waals surface area contributed by atoms with Gasteiger partial charge in [-0.3, -0.25) is 0 Å². The molecule has 0 amide bonds. The zero-order chi connectivity index (χ0) is 22.1. The van der Waals surface area contributed by atoms with Crippen molar-refractivity contribution in [1.29, 1.82) is 0 Å². The summed E-state index contributed by atoms with van der Waals surface area (Å²) in [4.78, 5) is -0.204. The van der Waals surface area contributed by atoms with Gasteiger partial charge in [-0.1, -0.05) is 26.0 Å². The van der Waals surface area contributed by atoms with Crippen LogP contribution in [-0.4, -0.2) is 51.6 Å². The van der Waals surface area contributed by atoms with E-state index < -0.39 is 31.7 Å². The van der Waals surface area contributed by atoms with E-state index in [2.05, 4.69) is 13.8 Å². The molecule has 0 bridgehead atoms. The summed E-state index contributed by atoms with van der Waals surface area (Å²) in [6.07, 6.45) is 0.945. The number of nitrogens with zero attached hydrogens (tertiary/aromatic N) is 2. The second-order valence-electron chi connectivity index (χ2n) is 7.26. The van der Waals surface area contributed by atoms with E-state index >= 15 is 0 Å². The molecular formula is C20H24F2N2O4S2. The number of piperazine rings is 1. The highest BCUT2D eigenvalue weighted by Gasteiger charge is 2.34. The third-order valence-electron chi connectivity index (χ3n) is 5.43. The Kier molecular flexibility index (Phi) is 6.61. The van der Waals surface area contributed by atoms with Gasteiger partial charge in [0.2, 0.25) is 20.0 Å². The topological polar surface area (TPSA) is 74.8 Å². The van der Waals surface area contributed by atoms with Gasteiger partial charge in [0.05, 0.1) is 9.79 Å². The molecule has 1 atom stereocenters. The summed E-state index contributed by atoms with van der Waals surface area (Å²) in [6, 6.07) is 9.12. The van der Waals surface area contributed by atoms with Crippen molar-refractivity contribution in [2.75, 3.05) is 26.2 Å². The molecule has 1 aliphatic heterocycles. The zero-order valence-corrected chi connectivity index (χ0v) is 18.4. The number of hydrogen-bond donors (Lipinski definition) is 0. The maximum Gasteiger partial charge on any atom is 0.243 e. The molecule has 1 aliphatic rings. The first kappa shape index (κ1) is 22.8. The maximum atomic E-state index is 13.4. The van der Waals surface area contributed by atoms with Crippen molar-refractivity contribution in [3.8, 4) is 0 Å². The summed E-state index contributed by atoms with van der Waals surface area (Å²) < 4.78 is 80.0. The van der Waals surface area contributed by atoms with E-state index in [-0.39, 0.29) is 36.0 Å². The molecule has 0 saturated carbocycles. The molecule has 164 valence electrons.